The summed E-state index contributed by atoms with van der Waals surface area (Å²) < 4.78 is 23.6. The Kier molecular flexibility index (Phi) is 3.92. The molecule has 0 aliphatic rings. The second kappa shape index (κ2) is 4.63. The van der Waals surface area contributed by atoms with Crippen molar-refractivity contribution in [3.63, 3.8) is 0 Å². The molecular formula is C10H14BrNO2S. The van der Waals surface area contributed by atoms with E-state index < -0.39 is 21.1 Å². The highest BCUT2D eigenvalue weighted by molar-refractivity contribution is 9.10. The number of rotatable bonds is 3. The lowest BCUT2D eigenvalue weighted by molar-refractivity contribution is 0.571. The van der Waals surface area contributed by atoms with Gasteiger partial charge in [-0.05, 0) is 24.6 Å². The maximum absolute atomic E-state index is 11.3. The van der Waals surface area contributed by atoms with Crippen LogP contribution in [0.25, 0.3) is 0 Å². The van der Waals surface area contributed by atoms with E-state index in [2.05, 4.69) is 15.9 Å². The molecule has 0 aliphatic heterocycles. The number of hydrogen-bond acceptors (Lipinski definition) is 3. The normalized spacial score (nSPS) is 16.0. The van der Waals surface area contributed by atoms with E-state index in [1.165, 1.54) is 6.26 Å². The Balaban J connectivity index is 2.95. The van der Waals surface area contributed by atoms with Crippen molar-refractivity contribution in [2.45, 2.75) is 18.2 Å². The Morgan fingerprint density at radius 1 is 1.27 bits per heavy atom. The molecule has 0 bridgehead atoms. The SMILES string of the molecule is C[C@H]([C@@H](N)c1ccc(Br)cc1)S(C)(=O)=O. The molecule has 1 rings (SSSR count). The molecular weight excluding hydrogens is 278 g/mol. The Morgan fingerprint density at radius 2 is 1.73 bits per heavy atom. The second-order valence-electron chi connectivity index (χ2n) is 3.61. The zero-order chi connectivity index (χ0) is 11.6. The third kappa shape index (κ3) is 3.29. The molecule has 15 heavy (non-hydrogen) atoms. The zero-order valence-electron chi connectivity index (χ0n) is 8.64. The highest BCUT2D eigenvalue weighted by Crippen LogP contribution is 2.21. The monoisotopic (exact) mass is 291 g/mol. The fourth-order valence-electron chi connectivity index (χ4n) is 1.22. The summed E-state index contributed by atoms with van der Waals surface area (Å²) in [6.45, 7) is 1.63. The number of sulfone groups is 1. The minimum Gasteiger partial charge on any atom is -0.323 e. The standard InChI is InChI=1S/C10H14BrNO2S/c1-7(15(2,13)14)10(12)8-3-5-9(11)6-4-8/h3-7,10H,12H2,1-2H3/t7-,10-/m1/s1. The second-order valence-corrected chi connectivity index (χ2v) is 6.93. The van der Waals surface area contributed by atoms with Crippen molar-refractivity contribution in [2.24, 2.45) is 5.73 Å². The van der Waals surface area contributed by atoms with Gasteiger partial charge in [0.2, 0.25) is 0 Å². The number of hydrogen-bond donors (Lipinski definition) is 1. The molecule has 0 saturated heterocycles. The Hall–Kier alpha value is -0.390. The van der Waals surface area contributed by atoms with Gasteiger partial charge in [0.1, 0.15) is 0 Å². The third-order valence-electron chi connectivity index (χ3n) is 2.44. The van der Waals surface area contributed by atoms with E-state index in [1.807, 2.05) is 24.3 Å². The Morgan fingerprint density at radius 3 is 2.13 bits per heavy atom. The van der Waals surface area contributed by atoms with Crippen molar-refractivity contribution in [1.29, 1.82) is 0 Å². The van der Waals surface area contributed by atoms with E-state index in [-0.39, 0.29) is 0 Å². The van der Waals surface area contributed by atoms with Crippen LogP contribution in [-0.4, -0.2) is 19.9 Å². The fourth-order valence-corrected chi connectivity index (χ4v) is 2.18. The van der Waals surface area contributed by atoms with E-state index in [4.69, 9.17) is 5.73 Å². The van der Waals surface area contributed by atoms with Gasteiger partial charge in [-0.25, -0.2) is 8.42 Å². The van der Waals surface area contributed by atoms with Gasteiger partial charge < -0.3 is 5.73 Å². The van der Waals surface area contributed by atoms with Crippen LogP contribution in [0.4, 0.5) is 0 Å². The minimum absolute atomic E-state index is 0.479. The molecule has 3 nitrogen and oxygen atoms in total. The average Bonchev–Trinajstić information content (AvgIpc) is 2.15. The highest BCUT2D eigenvalue weighted by atomic mass is 79.9. The first-order valence-corrected chi connectivity index (χ1v) is 7.27. The van der Waals surface area contributed by atoms with Gasteiger partial charge in [0, 0.05) is 16.8 Å². The molecule has 0 aliphatic carbocycles. The predicted octanol–water partition coefficient (Wildman–Crippen LogP) is 1.88. The molecule has 84 valence electrons. The van der Waals surface area contributed by atoms with Crippen molar-refractivity contribution < 1.29 is 8.42 Å². The molecule has 0 amide bonds. The molecule has 0 radical (unpaired) electrons. The molecule has 1 aromatic carbocycles. The van der Waals surface area contributed by atoms with E-state index in [1.54, 1.807) is 6.92 Å². The molecule has 0 heterocycles. The van der Waals surface area contributed by atoms with Crippen LogP contribution in [0.15, 0.2) is 28.7 Å². The quantitative estimate of drug-likeness (QED) is 0.925. The summed E-state index contributed by atoms with van der Waals surface area (Å²) in [4.78, 5) is 0. The van der Waals surface area contributed by atoms with Gasteiger partial charge in [-0.3, -0.25) is 0 Å². The topological polar surface area (TPSA) is 60.2 Å². The van der Waals surface area contributed by atoms with Gasteiger partial charge in [0.05, 0.1) is 5.25 Å². The van der Waals surface area contributed by atoms with Gasteiger partial charge in [-0.15, -0.1) is 0 Å². The zero-order valence-corrected chi connectivity index (χ0v) is 11.0. The summed E-state index contributed by atoms with van der Waals surface area (Å²) >= 11 is 3.31. The van der Waals surface area contributed by atoms with Crippen molar-refractivity contribution in [3.8, 4) is 0 Å². The smallest absolute Gasteiger partial charge is 0.151 e. The summed E-state index contributed by atoms with van der Waals surface area (Å²) in [6.07, 6.45) is 1.20. The lowest BCUT2D eigenvalue weighted by Gasteiger charge is -2.18. The summed E-state index contributed by atoms with van der Waals surface area (Å²) in [5.74, 6) is 0. The van der Waals surface area contributed by atoms with Gasteiger partial charge in [0.15, 0.2) is 9.84 Å². The first kappa shape index (κ1) is 12.7. The van der Waals surface area contributed by atoms with Gasteiger partial charge in [0.25, 0.3) is 0 Å². The molecule has 2 atom stereocenters. The van der Waals surface area contributed by atoms with Crippen molar-refractivity contribution in [3.05, 3.63) is 34.3 Å². The Labute approximate surface area is 98.7 Å². The average molecular weight is 292 g/mol. The van der Waals surface area contributed by atoms with Crippen LogP contribution in [-0.2, 0) is 9.84 Å². The highest BCUT2D eigenvalue weighted by Gasteiger charge is 2.23. The van der Waals surface area contributed by atoms with Gasteiger partial charge >= 0.3 is 0 Å². The van der Waals surface area contributed by atoms with Crippen LogP contribution in [0.2, 0.25) is 0 Å². The summed E-state index contributed by atoms with van der Waals surface area (Å²) in [7, 11) is -3.10. The van der Waals surface area contributed by atoms with Gasteiger partial charge in [-0.2, -0.15) is 0 Å². The first-order chi connectivity index (χ1) is 6.82. The van der Waals surface area contributed by atoms with E-state index in [0.717, 1.165) is 10.0 Å². The van der Waals surface area contributed by atoms with Crippen LogP contribution >= 0.6 is 15.9 Å². The lowest BCUT2D eigenvalue weighted by atomic mass is 10.1. The minimum atomic E-state index is -3.10. The van der Waals surface area contributed by atoms with Crippen LogP contribution in [0, 0.1) is 0 Å². The lowest BCUT2D eigenvalue weighted by Crippen LogP contribution is -2.30. The van der Waals surface area contributed by atoms with E-state index in [0.29, 0.717) is 0 Å². The Bertz CT molecular complexity index is 427. The maximum atomic E-state index is 11.3. The van der Waals surface area contributed by atoms with E-state index >= 15 is 0 Å². The molecule has 0 unspecified atom stereocenters. The van der Waals surface area contributed by atoms with Crippen molar-refractivity contribution in [1.82, 2.24) is 0 Å². The number of halogens is 1. The van der Waals surface area contributed by atoms with Crippen LogP contribution < -0.4 is 5.73 Å². The molecule has 0 spiro atoms. The van der Waals surface area contributed by atoms with Crippen LogP contribution in [0.1, 0.15) is 18.5 Å². The summed E-state index contributed by atoms with van der Waals surface area (Å²) in [5, 5.41) is -0.571. The predicted molar refractivity (Wildman–Crippen MR) is 65.4 cm³/mol. The fraction of sp³-hybridized carbons (Fsp3) is 0.400. The van der Waals surface area contributed by atoms with Crippen LogP contribution in [0.3, 0.4) is 0 Å². The number of benzene rings is 1. The van der Waals surface area contributed by atoms with Crippen molar-refractivity contribution in [2.75, 3.05) is 6.26 Å². The molecule has 0 saturated carbocycles. The molecule has 2 N–H and O–H groups in total. The van der Waals surface area contributed by atoms with Crippen molar-refractivity contribution >= 4 is 25.8 Å². The third-order valence-corrected chi connectivity index (χ3v) is 4.61. The first-order valence-electron chi connectivity index (χ1n) is 4.52. The van der Waals surface area contributed by atoms with Gasteiger partial charge in [-0.1, -0.05) is 28.1 Å². The summed E-state index contributed by atoms with van der Waals surface area (Å²) in [6, 6.07) is 6.88. The molecule has 5 heteroatoms. The van der Waals surface area contributed by atoms with Crippen LogP contribution in [0.5, 0.6) is 0 Å². The molecule has 0 aromatic heterocycles. The molecule has 1 aromatic rings. The summed E-state index contributed by atoms with van der Waals surface area (Å²) in [5.41, 5.74) is 6.71. The maximum Gasteiger partial charge on any atom is 0.151 e. The molecule has 0 fully saturated rings. The largest absolute Gasteiger partial charge is 0.323 e. The van der Waals surface area contributed by atoms with E-state index in [9.17, 15) is 8.42 Å². The number of nitrogens with two attached hydrogens (primary N) is 1.